The second kappa shape index (κ2) is 7.59. The molecule has 0 spiro atoms. The highest BCUT2D eigenvalue weighted by Crippen LogP contribution is 2.47. The summed E-state index contributed by atoms with van der Waals surface area (Å²) >= 11 is 0. The van der Waals surface area contributed by atoms with Gasteiger partial charge in [-0.3, -0.25) is 9.89 Å². The third-order valence-electron chi connectivity index (χ3n) is 6.43. The molecule has 158 valence electrons. The lowest BCUT2D eigenvalue weighted by Crippen LogP contribution is -2.43. The Morgan fingerprint density at radius 3 is 2.66 bits per heavy atom. The standard InChI is InChI=1S/C20H24F4N4O/c1-11-15(21)3-2-14(20(22,23)24)17(11)12-5-8-28(9-6-12)19(29)18-13-10-25-7-4-16(13)26-27-18/h2-3,11-12,17,25H,4-10H2,1H3,(H,26,27). The van der Waals surface area contributed by atoms with Crippen LogP contribution < -0.4 is 5.32 Å². The number of carbonyl (C=O) groups is 1. The Hall–Kier alpha value is -2.16. The number of hydrogen-bond acceptors (Lipinski definition) is 3. The first-order chi connectivity index (χ1) is 13.8. The molecule has 1 aromatic heterocycles. The van der Waals surface area contributed by atoms with Gasteiger partial charge < -0.3 is 10.2 Å². The Morgan fingerprint density at radius 1 is 1.24 bits per heavy atom. The minimum Gasteiger partial charge on any atom is -0.337 e. The number of nitrogens with zero attached hydrogens (tertiary/aromatic N) is 2. The van der Waals surface area contributed by atoms with Crippen LogP contribution in [-0.2, 0) is 13.0 Å². The molecule has 4 rings (SSSR count). The minimum atomic E-state index is -4.48. The van der Waals surface area contributed by atoms with Gasteiger partial charge in [0.25, 0.3) is 5.91 Å². The lowest BCUT2D eigenvalue weighted by atomic mass is 9.70. The Labute approximate surface area is 166 Å². The molecule has 2 atom stereocenters. The van der Waals surface area contributed by atoms with Crippen LogP contribution >= 0.6 is 0 Å². The average molecular weight is 412 g/mol. The fourth-order valence-electron chi connectivity index (χ4n) is 4.83. The number of aromatic nitrogens is 2. The largest absolute Gasteiger partial charge is 0.412 e. The molecular weight excluding hydrogens is 388 g/mol. The quantitative estimate of drug-likeness (QED) is 0.731. The Morgan fingerprint density at radius 2 is 1.97 bits per heavy atom. The predicted molar refractivity (Wildman–Crippen MR) is 98.6 cm³/mol. The molecule has 0 saturated carbocycles. The fourth-order valence-corrected chi connectivity index (χ4v) is 4.83. The van der Waals surface area contributed by atoms with Crippen molar-refractivity contribution in [3.8, 4) is 0 Å². The van der Waals surface area contributed by atoms with Gasteiger partial charge in [0.15, 0.2) is 5.69 Å². The zero-order valence-electron chi connectivity index (χ0n) is 16.2. The summed E-state index contributed by atoms with van der Waals surface area (Å²) in [6, 6.07) is 0. The van der Waals surface area contributed by atoms with Crippen molar-refractivity contribution in [1.29, 1.82) is 0 Å². The van der Waals surface area contributed by atoms with Crippen LogP contribution in [0.25, 0.3) is 0 Å². The van der Waals surface area contributed by atoms with E-state index >= 15 is 0 Å². The highest BCUT2D eigenvalue weighted by molar-refractivity contribution is 5.94. The number of rotatable bonds is 2. The molecule has 2 unspecified atom stereocenters. The third-order valence-corrected chi connectivity index (χ3v) is 6.43. The number of allylic oxidation sites excluding steroid dienone is 4. The van der Waals surface area contributed by atoms with Crippen LogP contribution in [0.4, 0.5) is 17.6 Å². The van der Waals surface area contributed by atoms with E-state index in [2.05, 4.69) is 15.5 Å². The van der Waals surface area contributed by atoms with E-state index < -0.39 is 29.4 Å². The summed E-state index contributed by atoms with van der Waals surface area (Å²) in [7, 11) is 0. The first-order valence-electron chi connectivity index (χ1n) is 9.98. The molecule has 1 aliphatic carbocycles. The molecule has 29 heavy (non-hydrogen) atoms. The molecule has 1 amide bonds. The predicted octanol–water partition coefficient (Wildman–Crippen LogP) is 3.52. The van der Waals surface area contributed by atoms with E-state index in [0.717, 1.165) is 36.4 Å². The van der Waals surface area contributed by atoms with Gasteiger partial charge in [0, 0.05) is 61.3 Å². The second-order valence-corrected chi connectivity index (χ2v) is 8.07. The van der Waals surface area contributed by atoms with E-state index in [-0.39, 0.29) is 11.8 Å². The maximum atomic E-state index is 14.1. The van der Waals surface area contributed by atoms with E-state index in [0.29, 0.717) is 38.2 Å². The zero-order chi connectivity index (χ0) is 20.8. The van der Waals surface area contributed by atoms with Gasteiger partial charge in [-0.25, -0.2) is 4.39 Å². The van der Waals surface area contributed by atoms with Crippen LogP contribution in [0.2, 0.25) is 0 Å². The summed E-state index contributed by atoms with van der Waals surface area (Å²) in [4.78, 5) is 14.6. The molecule has 0 radical (unpaired) electrons. The molecule has 0 bridgehead atoms. The van der Waals surface area contributed by atoms with Crippen LogP contribution in [0.3, 0.4) is 0 Å². The van der Waals surface area contributed by atoms with Crippen molar-refractivity contribution < 1.29 is 22.4 Å². The van der Waals surface area contributed by atoms with Gasteiger partial charge in [-0.15, -0.1) is 0 Å². The van der Waals surface area contributed by atoms with Crippen LogP contribution in [0, 0.1) is 17.8 Å². The number of fused-ring (bicyclic) bond motifs is 1. The van der Waals surface area contributed by atoms with Crippen LogP contribution in [0.1, 0.15) is 41.5 Å². The molecule has 2 N–H and O–H groups in total. The van der Waals surface area contributed by atoms with Crippen molar-refractivity contribution in [1.82, 2.24) is 20.4 Å². The van der Waals surface area contributed by atoms with E-state index in [1.165, 1.54) is 6.92 Å². The number of piperidine rings is 1. The molecule has 0 aromatic carbocycles. The molecule has 9 heteroatoms. The van der Waals surface area contributed by atoms with Gasteiger partial charge in [0.2, 0.25) is 0 Å². The molecule has 5 nitrogen and oxygen atoms in total. The van der Waals surface area contributed by atoms with Crippen molar-refractivity contribution in [3.63, 3.8) is 0 Å². The van der Waals surface area contributed by atoms with Gasteiger partial charge in [-0.1, -0.05) is 13.0 Å². The maximum Gasteiger partial charge on any atom is 0.412 e. The number of H-pyrrole nitrogens is 1. The Bertz CT molecular complexity index is 849. The lowest BCUT2D eigenvalue weighted by molar-refractivity contribution is -0.106. The molecule has 1 saturated heterocycles. The highest BCUT2D eigenvalue weighted by atomic mass is 19.4. The normalized spacial score (nSPS) is 26.0. The van der Waals surface area contributed by atoms with Crippen molar-refractivity contribution >= 4 is 5.91 Å². The number of nitrogens with one attached hydrogen (secondary N) is 2. The molecule has 1 aromatic rings. The van der Waals surface area contributed by atoms with Gasteiger partial charge >= 0.3 is 6.18 Å². The van der Waals surface area contributed by atoms with Crippen molar-refractivity contribution in [2.75, 3.05) is 19.6 Å². The number of amides is 1. The molecule has 3 heterocycles. The molecule has 2 aliphatic heterocycles. The molecule has 3 aliphatic rings. The van der Waals surface area contributed by atoms with Crippen molar-refractivity contribution in [2.45, 2.75) is 38.9 Å². The first kappa shape index (κ1) is 20.1. The molecule has 1 fully saturated rings. The summed E-state index contributed by atoms with van der Waals surface area (Å²) in [6.07, 6.45) is -1.08. The van der Waals surface area contributed by atoms with E-state index in [4.69, 9.17) is 0 Å². The van der Waals surface area contributed by atoms with Gasteiger partial charge in [-0.05, 0) is 24.8 Å². The van der Waals surface area contributed by atoms with E-state index in [1.54, 1.807) is 4.90 Å². The summed E-state index contributed by atoms with van der Waals surface area (Å²) in [5.74, 6) is -2.76. The minimum absolute atomic E-state index is 0.195. The van der Waals surface area contributed by atoms with Crippen LogP contribution in [-0.4, -0.2) is 46.8 Å². The van der Waals surface area contributed by atoms with E-state index in [9.17, 15) is 22.4 Å². The average Bonchev–Trinajstić information content (AvgIpc) is 3.13. The summed E-state index contributed by atoms with van der Waals surface area (Å²) < 4.78 is 54.5. The summed E-state index contributed by atoms with van der Waals surface area (Å²) in [6.45, 7) is 3.61. The fraction of sp³-hybridized carbons (Fsp3) is 0.600. The van der Waals surface area contributed by atoms with Gasteiger partial charge in [0.1, 0.15) is 5.83 Å². The number of likely N-dealkylation sites (tertiary alicyclic amines) is 1. The summed E-state index contributed by atoms with van der Waals surface area (Å²) in [5, 5.41) is 10.3. The second-order valence-electron chi connectivity index (χ2n) is 8.07. The van der Waals surface area contributed by atoms with E-state index in [1.807, 2.05) is 0 Å². The lowest BCUT2D eigenvalue weighted by Gasteiger charge is -2.40. The van der Waals surface area contributed by atoms with Crippen molar-refractivity contribution in [3.05, 3.63) is 40.5 Å². The SMILES string of the molecule is CC1C(F)=CC=C(C(F)(F)F)C1C1CCN(C(=O)c2n[nH]c3c2CNCC3)CC1. The number of halogens is 4. The number of alkyl halides is 3. The first-order valence-corrected chi connectivity index (χ1v) is 9.98. The molecular formula is C20H24F4N4O. The van der Waals surface area contributed by atoms with Crippen LogP contribution in [0.15, 0.2) is 23.6 Å². The Kier molecular flexibility index (Phi) is 5.27. The third kappa shape index (κ3) is 3.72. The zero-order valence-corrected chi connectivity index (χ0v) is 16.2. The number of carbonyl (C=O) groups excluding carboxylic acids is 1. The number of aromatic amines is 1. The highest BCUT2D eigenvalue weighted by Gasteiger charge is 2.46. The van der Waals surface area contributed by atoms with Crippen molar-refractivity contribution in [2.24, 2.45) is 17.8 Å². The van der Waals surface area contributed by atoms with Gasteiger partial charge in [0.05, 0.1) is 0 Å². The summed E-state index contributed by atoms with van der Waals surface area (Å²) in [5.41, 5.74) is 1.56. The Balaban J connectivity index is 1.46. The topological polar surface area (TPSA) is 61.0 Å². The maximum absolute atomic E-state index is 14.1. The van der Waals surface area contributed by atoms with Gasteiger partial charge in [-0.2, -0.15) is 18.3 Å². The number of hydrogen-bond donors (Lipinski definition) is 2. The monoisotopic (exact) mass is 412 g/mol. The smallest absolute Gasteiger partial charge is 0.337 e. The van der Waals surface area contributed by atoms with Crippen LogP contribution in [0.5, 0.6) is 0 Å².